The van der Waals surface area contributed by atoms with Crippen molar-refractivity contribution in [2.75, 3.05) is 6.54 Å². The van der Waals surface area contributed by atoms with Crippen LogP contribution in [-0.2, 0) is 13.2 Å². The van der Waals surface area contributed by atoms with Crippen molar-refractivity contribution in [1.82, 2.24) is 9.88 Å². The molecule has 4 nitrogen and oxygen atoms in total. The van der Waals surface area contributed by atoms with Crippen molar-refractivity contribution >= 4 is 5.91 Å². The number of H-pyrrole nitrogens is 1. The molecular formula is C21H22N2O2. The first-order chi connectivity index (χ1) is 12.3. The highest BCUT2D eigenvalue weighted by atomic mass is 16.5. The molecule has 0 saturated carbocycles. The van der Waals surface area contributed by atoms with Gasteiger partial charge in [-0.15, -0.1) is 0 Å². The minimum Gasteiger partial charge on any atom is -0.489 e. The highest BCUT2D eigenvalue weighted by molar-refractivity contribution is 5.92. The lowest BCUT2D eigenvalue weighted by molar-refractivity contribution is 0.0747. The molecule has 3 aromatic rings. The number of carbonyl (C=O) groups is 1. The molecule has 0 radical (unpaired) electrons. The molecule has 1 aromatic heterocycles. The van der Waals surface area contributed by atoms with E-state index in [0.29, 0.717) is 25.4 Å². The fraction of sp³-hybridized carbons (Fsp3) is 0.190. The van der Waals surface area contributed by atoms with Crippen LogP contribution in [0.15, 0.2) is 72.9 Å². The number of aromatic nitrogens is 1. The van der Waals surface area contributed by atoms with Gasteiger partial charge in [-0.3, -0.25) is 4.79 Å². The summed E-state index contributed by atoms with van der Waals surface area (Å²) in [6, 6.07) is 21.6. The number of carbonyl (C=O) groups excluding carboxylic acids is 1. The lowest BCUT2D eigenvalue weighted by Crippen LogP contribution is -2.30. The summed E-state index contributed by atoms with van der Waals surface area (Å²) in [4.78, 5) is 17.2. The standard InChI is InChI=1S/C21H22N2O2/c1-2-23(21(24)20-9-6-14-22-20)15-17-10-12-19(13-11-17)25-16-18-7-4-3-5-8-18/h3-14,22H,2,15-16H2,1H3. The summed E-state index contributed by atoms with van der Waals surface area (Å²) in [7, 11) is 0. The molecule has 4 heteroatoms. The fourth-order valence-electron chi connectivity index (χ4n) is 2.61. The number of hydrogen-bond acceptors (Lipinski definition) is 2. The summed E-state index contributed by atoms with van der Waals surface area (Å²) in [5, 5.41) is 0. The van der Waals surface area contributed by atoms with Crippen LogP contribution in [0.3, 0.4) is 0 Å². The van der Waals surface area contributed by atoms with Crippen molar-refractivity contribution < 1.29 is 9.53 Å². The molecule has 3 rings (SSSR count). The van der Waals surface area contributed by atoms with Gasteiger partial charge in [0, 0.05) is 19.3 Å². The summed E-state index contributed by atoms with van der Waals surface area (Å²) < 4.78 is 5.80. The second-order valence-electron chi connectivity index (χ2n) is 5.82. The first kappa shape index (κ1) is 16.8. The average Bonchev–Trinajstić information content (AvgIpc) is 3.20. The van der Waals surface area contributed by atoms with E-state index in [4.69, 9.17) is 4.74 Å². The molecule has 0 fully saturated rings. The van der Waals surface area contributed by atoms with Crippen LogP contribution in [0.25, 0.3) is 0 Å². The predicted octanol–water partition coefficient (Wildman–Crippen LogP) is 4.26. The van der Waals surface area contributed by atoms with E-state index in [1.165, 1.54) is 0 Å². The van der Waals surface area contributed by atoms with Gasteiger partial charge in [0.25, 0.3) is 5.91 Å². The van der Waals surface area contributed by atoms with Crippen molar-refractivity contribution in [3.05, 3.63) is 89.7 Å². The maximum Gasteiger partial charge on any atom is 0.270 e. The molecule has 1 N–H and O–H groups in total. The zero-order valence-corrected chi connectivity index (χ0v) is 14.3. The first-order valence-corrected chi connectivity index (χ1v) is 8.44. The van der Waals surface area contributed by atoms with E-state index in [0.717, 1.165) is 16.9 Å². The molecule has 2 aromatic carbocycles. The molecule has 1 heterocycles. The maximum absolute atomic E-state index is 12.4. The van der Waals surface area contributed by atoms with Gasteiger partial charge in [-0.2, -0.15) is 0 Å². The highest BCUT2D eigenvalue weighted by Gasteiger charge is 2.15. The van der Waals surface area contributed by atoms with Gasteiger partial charge in [-0.1, -0.05) is 42.5 Å². The van der Waals surface area contributed by atoms with Crippen molar-refractivity contribution in [2.45, 2.75) is 20.1 Å². The Balaban J connectivity index is 1.58. The van der Waals surface area contributed by atoms with E-state index in [9.17, 15) is 4.79 Å². The smallest absolute Gasteiger partial charge is 0.270 e. The summed E-state index contributed by atoms with van der Waals surface area (Å²) >= 11 is 0. The molecule has 0 unspecified atom stereocenters. The van der Waals surface area contributed by atoms with Gasteiger partial charge < -0.3 is 14.6 Å². The minimum absolute atomic E-state index is 0.0110. The van der Waals surface area contributed by atoms with Crippen molar-refractivity contribution in [3.63, 3.8) is 0 Å². The van der Waals surface area contributed by atoms with Crippen molar-refractivity contribution in [1.29, 1.82) is 0 Å². The monoisotopic (exact) mass is 334 g/mol. The first-order valence-electron chi connectivity index (χ1n) is 8.44. The number of hydrogen-bond donors (Lipinski definition) is 1. The van der Waals surface area contributed by atoms with E-state index in [1.807, 2.05) is 72.5 Å². The molecule has 0 aliphatic carbocycles. The number of aromatic amines is 1. The van der Waals surface area contributed by atoms with E-state index in [1.54, 1.807) is 12.3 Å². The Morgan fingerprint density at radius 2 is 1.72 bits per heavy atom. The second-order valence-corrected chi connectivity index (χ2v) is 5.82. The third-order valence-electron chi connectivity index (χ3n) is 4.04. The average molecular weight is 334 g/mol. The van der Waals surface area contributed by atoms with E-state index in [2.05, 4.69) is 4.98 Å². The topological polar surface area (TPSA) is 45.3 Å². The lowest BCUT2D eigenvalue weighted by atomic mass is 10.2. The highest BCUT2D eigenvalue weighted by Crippen LogP contribution is 2.16. The summed E-state index contributed by atoms with van der Waals surface area (Å²) in [5.74, 6) is 0.836. The van der Waals surface area contributed by atoms with E-state index < -0.39 is 0 Å². The summed E-state index contributed by atoms with van der Waals surface area (Å²) in [5.41, 5.74) is 2.83. The Bertz CT molecular complexity index is 781. The Labute approximate surface area is 148 Å². The third-order valence-corrected chi connectivity index (χ3v) is 4.04. The van der Waals surface area contributed by atoms with Crippen LogP contribution in [0.1, 0.15) is 28.5 Å². The normalized spacial score (nSPS) is 10.4. The van der Waals surface area contributed by atoms with Gasteiger partial charge >= 0.3 is 0 Å². The van der Waals surface area contributed by atoms with Gasteiger partial charge in [0.2, 0.25) is 0 Å². The van der Waals surface area contributed by atoms with Crippen LogP contribution >= 0.6 is 0 Å². The van der Waals surface area contributed by atoms with Crippen LogP contribution in [-0.4, -0.2) is 22.3 Å². The number of rotatable bonds is 7. The molecule has 0 bridgehead atoms. The van der Waals surface area contributed by atoms with Crippen LogP contribution < -0.4 is 4.74 Å². The molecule has 0 aliphatic rings. The zero-order valence-electron chi connectivity index (χ0n) is 14.3. The lowest BCUT2D eigenvalue weighted by Gasteiger charge is -2.20. The molecule has 0 saturated heterocycles. The van der Waals surface area contributed by atoms with Gasteiger partial charge in [-0.25, -0.2) is 0 Å². The minimum atomic E-state index is 0.0110. The molecule has 128 valence electrons. The van der Waals surface area contributed by atoms with Crippen LogP contribution in [0.5, 0.6) is 5.75 Å². The SMILES string of the molecule is CCN(Cc1ccc(OCc2ccccc2)cc1)C(=O)c1ccc[nH]1. The molecule has 0 atom stereocenters. The quantitative estimate of drug-likeness (QED) is 0.702. The molecule has 0 spiro atoms. The Hall–Kier alpha value is -3.01. The van der Waals surface area contributed by atoms with Crippen molar-refractivity contribution in [2.24, 2.45) is 0 Å². The Kier molecular flexibility index (Phi) is 5.52. The molecule has 0 aliphatic heterocycles. The number of amides is 1. The van der Waals surface area contributed by atoms with Gasteiger partial charge in [-0.05, 0) is 42.3 Å². The third kappa shape index (κ3) is 4.51. The Morgan fingerprint density at radius 1 is 0.960 bits per heavy atom. The fourth-order valence-corrected chi connectivity index (χ4v) is 2.61. The van der Waals surface area contributed by atoms with Gasteiger partial charge in [0.15, 0.2) is 0 Å². The molecular weight excluding hydrogens is 312 g/mol. The van der Waals surface area contributed by atoms with Gasteiger partial charge in [0.05, 0.1) is 0 Å². The van der Waals surface area contributed by atoms with Crippen LogP contribution in [0.2, 0.25) is 0 Å². The molecule has 1 amide bonds. The largest absolute Gasteiger partial charge is 0.489 e. The number of ether oxygens (including phenoxy) is 1. The second kappa shape index (κ2) is 8.20. The zero-order chi connectivity index (χ0) is 17.5. The maximum atomic E-state index is 12.4. The predicted molar refractivity (Wildman–Crippen MR) is 98.4 cm³/mol. The van der Waals surface area contributed by atoms with Gasteiger partial charge in [0.1, 0.15) is 18.1 Å². The summed E-state index contributed by atoms with van der Waals surface area (Å²) in [6.07, 6.45) is 1.76. The number of benzene rings is 2. The van der Waals surface area contributed by atoms with E-state index in [-0.39, 0.29) is 5.91 Å². The molecule has 25 heavy (non-hydrogen) atoms. The van der Waals surface area contributed by atoms with Crippen molar-refractivity contribution in [3.8, 4) is 5.75 Å². The van der Waals surface area contributed by atoms with Crippen LogP contribution in [0, 0.1) is 0 Å². The Morgan fingerprint density at radius 3 is 2.36 bits per heavy atom. The number of nitrogens with one attached hydrogen (secondary N) is 1. The van der Waals surface area contributed by atoms with Crippen LogP contribution in [0.4, 0.5) is 0 Å². The number of nitrogens with zero attached hydrogens (tertiary/aromatic N) is 1. The van der Waals surface area contributed by atoms with E-state index >= 15 is 0 Å². The summed E-state index contributed by atoms with van der Waals surface area (Å²) in [6.45, 7) is 3.77.